The number of hydrogen-bond donors (Lipinski definition) is 4. The van der Waals surface area contributed by atoms with Gasteiger partial charge < -0.3 is 26.4 Å². The van der Waals surface area contributed by atoms with Crippen molar-refractivity contribution in [3.05, 3.63) is 71.3 Å². The highest BCUT2D eigenvalue weighted by molar-refractivity contribution is 5.96. The fourth-order valence-electron chi connectivity index (χ4n) is 2.81. The minimum atomic E-state index is -0.578. The van der Waals surface area contributed by atoms with Crippen molar-refractivity contribution < 1.29 is 14.3 Å². The zero-order valence-corrected chi connectivity index (χ0v) is 18.1. The fourth-order valence-corrected chi connectivity index (χ4v) is 2.81. The van der Waals surface area contributed by atoms with Gasteiger partial charge in [-0.1, -0.05) is 42.5 Å². The van der Waals surface area contributed by atoms with E-state index in [0.717, 1.165) is 18.5 Å². The molecular formula is C23H31N5O3. The van der Waals surface area contributed by atoms with Gasteiger partial charge in [0.1, 0.15) is 0 Å². The third-order valence-corrected chi connectivity index (χ3v) is 4.57. The number of nitrogens with two attached hydrogens (primary N) is 1. The number of nitrogens with zero attached hydrogens (tertiary/aromatic N) is 1. The van der Waals surface area contributed by atoms with Crippen LogP contribution in [0.4, 0.5) is 0 Å². The number of rotatable bonds is 11. The van der Waals surface area contributed by atoms with Crippen molar-refractivity contribution in [2.75, 3.05) is 26.7 Å². The maximum atomic E-state index is 11.9. The lowest BCUT2D eigenvalue weighted by Crippen LogP contribution is -2.37. The first-order valence-electron chi connectivity index (χ1n) is 10.3. The van der Waals surface area contributed by atoms with Crippen LogP contribution in [0.2, 0.25) is 0 Å². The molecule has 0 bridgehead atoms. The van der Waals surface area contributed by atoms with Crippen molar-refractivity contribution in [3.8, 4) is 0 Å². The van der Waals surface area contributed by atoms with E-state index in [1.165, 1.54) is 5.56 Å². The second-order valence-electron chi connectivity index (χ2n) is 6.98. The number of hydrogen-bond acceptors (Lipinski definition) is 4. The van der Waals surface area contributed by atoms with E-state index in [1.54, 1.807) is 19.2 Å². The smallest absolute Gasteiger partial charge is 0.251 e. The van der Waals surface area contributed by atoms with Crippen LogP contribution in [0.15, 0.2) is 59.6 Å². The lowest BCUT2D eigenvalue weighted by molar-refractivity contribution is -0.117. The van der Waals surface area contributed by atoms with E-state index in [2.05, 4.69) is 40.0 Å². The third-order valence-electron chi connectivity index (χ3n) is 4.57. The second kappa shape index (κ2) is 13.0. The van der Waals surface area contributed by atoms with Gasteiger partial charge >= 0.3 is 0 Å². The summed E-state index contributed by atoms with van der Waals surface area (Å²) in [7, 11) is 1.72. The molecule has 0 heterocycles. The van der Waals surface area contributed by atoms with Crippen molar-refractivity contribution in [1.82, 2.24) is 16.0 Å². The van der Waals surface area contributed by atoms with Crippen molar-refractivity contribution in [2.24, 2.45) is 10.7 Å². The molecule has 2 amide bonds. The standard InChI is InChI=1S/C23H31N5O3/c1-17(19-7-4-3-5-8-19)31-14-6-13-26-23(25-2)28-15-18-9-11-20(12-10-18)22(30)27-16-21(24)29/h3-5,7-12,17H,6,13-16H2,1-2H3,(H2,24,29)(H,27,30)(H2,25,26,28). The highest BCUT2D eigenvalue weighted by Gasteiger charge is 2.07. The molecule has 1 unspecified atom stereocenters. The van der Waals surface area contributed by atoms with Gasteiger partial charge in [0.15, 0.2) is 5.96 Å². The lowest BCUT2D eigenvalue weighted by atomic mass is 10.1. The zero-order chi connectivity index (χ0) is 22.5. The van der Waals surface area contributed by atoms with Crippen LogP contribution in [0.1, 0.15) is 40.9 Å². The van der Waals surface area contributed by atoms with E-state index in [1.807, 2.05) is 30.3 Å². The quantitative estimate of drug-likeness (QED) is 0.248. The average molecular weight is 426 g/mol. The Morgan fingerprint density at radius 1 is 1.03 bits per heavy atom. The predicted molar refractivity (Wildman–Crippen MR) is 122 cm³/mol. The molecule has 0 aromatic heterocycles. The van der Waals surface area contributed by atoms with E-state index < -0.39 is 5.91 Å². The lowest BCUT2D eigenvalue weighted by Gasteiger charge is -2.15. The number of aliphatic imine (C=N–C) groups is 1. The topological polar surface area (TPSA) is 118 Å². The summed E-state index contributed by atoms with van der Waals surface area (Å²) in [6.45, 7) is 3.82. The van der Waals surface area contributed by atoms with Gasteiger partial charge in [-0.25, -0.2) is 0 Å². The molecular weight excluding hydrogens is 394 g/mol. The van der Waals surface area contributed by atoms with Gasteiger partial charge in [0.2, 0.25) is 5.91 Å². The molecule has 31 heavy (non-hydrogen) atoms. The number of carbonyl (C=O) groups is 2. The van der Waals surface area contributed by atoms with Gasteiger partial charge in [0.05, 0.1) is 12.6 Å². The summed E-state index contributed by atoms with van der Waals surface area (Å²) in [4.78, 5) is 26.9. The van der Waals surface area contributed by atoms with E-state index in [4.69, 9.17) is 10.5 Å². The largest absolute Gasteiger partial charge is 0.374 e. The van der Waals surface area contributed by atoms with Crippen molar-refractivity contribution >= 4 is 17.8 Å². The molecule has 0 aliphatic carbocycles. The van der Waals surface area contributed by atoms with Crippen LogP contribution >= 0.6 is 0 Å². The van der Waals surface area contributed by atoms with Crippen LogP contribution in [0.5, 0.6) is 0 Å². The van der Waals surface area contributed by atoms with Crippen molar-refractivity contribution in [3.63, 3.8) is 0 Å². The molecule has 0 aliphatic heterocycles. The fraction of sp³-hybridized carbons (Fsp3) is 0.348. The molecule has 2 aromatic rings. The molecule has 0 saturated heterocycles. The van der Waals surface area contributed by atoms with Gasteiger partial charge in [-0.2, -0.15) is 0 Å². The van der Waals surface area contributed by atoms with E-state index >= 15 is 0 Å². The number of carbonyl (C=O) groups excluding carboxylic acids is 2. The number of ether oxygens (including phenoxy) is 1. The van der Waals surface area contributed by atoms with Crippen LogP contribution in [0.25, 0.3) is 0 Å². The molecule has 0 fully saturated rings. The molecule has 2 aromatic carbocycles. The average Bonchev–Trinajstić information content (AvgIpc) is 2.80. The molecule has 0 radical (unpaired) electrons. The van der Waals surface area contributed by atoms with Crippen molar-refractivity contribution in [1.29, 1.82) is 0 Å². The summed E-state index contributed by atoms with van der Waals surface area (Å²) in [5.41, 5.74) is 7.66. The summed E-state index contributed by atoms with van der Waals surface area (Å²) < 4.78 is 5.88. The highest BCUT2D eigenvalue weighted by atomic mass is 16.5. The van der Waals surface area contributed by atoms with Crippen LogP contribution in [0.3, 0.4) is 0 Å². The third kappa shape index (κ3) is 8.88. The van der Waals surface area contributed by atoms with Gasteiger partial charge in [-0.05, 0) is 36.6 Å². The second-order valence-corrected chi connectivity index (χ2v) is 6.98. The summed E-state index contributed by atoms with van der Waals surface area (Å²) in [5.74, 6) is -0.218. The Hall–Kier alpha value is -3.39. The number of nitrogens with one attached hydrogen (secondary N) is 3. The summed E-state index contributed by atoms with van der Waals surface area (Å²) in [5, 5.41) is 8.96. The van der Waals surface area contributed by atoms with Gasteiger partial charge in [-0.15, -0.1) is 0 Å². The Kier molecular flexibility index (Phi) is 10.0. The van der Waals surface area contributed by atoms with Crippen LogP contribution in [-0.2, 0) is 16.1 Å². The Bertz CT molecular complexity index is 853. The Morgan fingerprint density at radius 2 is 1.74 bits per heavy atom. The maximum absolute atomic E-state index is 11.9. The Labute approximate surface area is 183 Å². The first-order chi connectivity index (χ1) is 15.0. The van der Waals surface area contributed by atoms with Crippen LogP contribution in [-0.4, -0.2) is 44.5 Å². The van der Waals surface area contributed by atoms with E-state index in [0.29, 0.717) is 24.7 Å². The molecule has 1 atom stereocenters. The van der Waals surface area contributed by atoms with E-state index in [9.17, 15) is 9.59 Å². The van der Waals surface area contributed by atoms with Crippen molar-refractivity contribution in [2.45, 2.75) is 26.0 Å². The Morgan fingerprint density at radius 3 is 2.39 bits per heavy atom. The first kappa shape index (κ1) is 23.9. The summed E-state index contributed by atoms with van der Waals surface area (Å²) in [6, 6.07) is 17.2. The molecule has 5 N–H and O–H groups in total. The first-order valence-corrected chi connectivity index (χ1v) is 10.3. The molecule has 8 nitrogen and oxygen atoms in total. The van der Waals surface area contributed by atoms with Gasteiger partial charge in [0, 0.05) is 32.3 Å². The Balaban J connectivity index is 1.66. The zero-order valence-electron chi connectivity index (χ0n) is 18.1. The molecule has 0 saturated carbocycles. The number of guanidine groups is 1. The minimum absolute atomic E-state index is 0.0690. The minimum Gasteiger partial charge on any atom is -0.374 e. The predicted octanol–water partition coefficient (Wildman–Crippen LogP) is 1.73. The normalized spacial score (nSPS) is 12.1. The molecule has 8 heteroatoms. The van der Waals surface area contributed by atoms with Crippen LogP contribution < -0.4 is 21.7 Å². The molecule has 0 aliphatic rings. The van der Waals surface area contributed by atoms with E-state index in [-0.39, 0.29) is 18.6 Å². The monoisotopic (exact) mass is 425 g/mol. The SMILES string of the molecule is CN=C(NCCCOC(C)c1ccccc1)NCc1ccc(C(=O)NCC(N)=O)cc1. The van der Waals surface area contributed by atoms with Crippen LogP contribution in [0, 0.1) is 0 Å². The molecule has 0 spiro atoms. The van der Waals surface area contributed by atoms with Gasteiger partial charge in [-0.3, -0.25) is 14.6 Å². The summed E-state index contributed by atoms with van der Waals surface area (Å²) in [6.07, 6.45) is 0.923. The number of primary amides is 1. The molecule has 2 rings (SSSR count). The maximum Gasteiger partial charge on any atom is 0.251 e. The number of benzene rings is 2. The number of amides is 2. The highest BCUT2D eigenvalue weighted by Crippen LogP contribution is 2.15. The molecule has 166 valence electrons. The van der Waals surface area contributed by atoms with Gasteiger partial charge in [0.25, 0.3) is 5.91 Å². The summed E-state index contributed by atoms with van der Waals surface area (Å²) >= 11 is 0.